The predicted molar refractivity (Wildman–Crippen MR) is 31.9 cm³/mol. The summed E-state index contributed by atoms with van der Waals surface area (Å²) in [5.41, 5.74) is 0. The fourth-order valence-electron chi connectivity index (χ4n) is 0.898. The molecule has 0 aromatic carbocycles. The van der Waals surface area contributed by atoms with E-state index in [0.717, 1.165) is 0 Å². The van der Waals surface area contributed by atoms with E-state index >= 15 is 0 Å². The first-order valence-corrected chi connectivity index (χ1v) is 3.18. The van der Waals surface area contributed by atoms with Crippen LogP contribution in [0.2, 0.25) is 0 Å². The van der Waals surface area contributed by atoms with Crippen LogP contribution in [0.4, 0.5) is 0 Å². The fraction of sp³-hybridized carbons (Fsp3) is 0.833. The molecule has 0 aliphatic carbocycles. The number of hydrogen-bond acceptors (Lipinski definition) is 4. The average Bonchev–Trinajstić information content (AvgIpc) is 1.86. The molecule has 0 bridgehead atoms. The Labute approximate surface area is 58.4 Å². The number of ether oxygens (including phenoxy) is 1. The maximum Gasteiger partial charge on any atom is 0.312 e. The Balaban J connectivity index is 2.27. The molecule has 0 radical (unpaired) electrons. The third-order valence-electron chi connectivity index (χ3n) is 1.64. The van der Waals surface area contributed by atoms with E-state index in [1.54, 1.807) is 6.92 Å². The molecule has 2 N–H and O–H groups in total. The summed E-state index contributed by atoms with van der Waals surface area (Å²) < 4.78 is 4.60. The SMILES string of the molecule is C[C@@H]1C(=O)O[C@H]1CC(O)O. The van der Waals surface area contributed by atoms with Gasteiger partial charge in [0, 0.05) is 6.42 Å². The van der Waals surface area contributed by atoms with Crippen LogP contribution in [0.5, 0.6) is 0 Å². The molecule has 0 aromatic rings. The molecule has 1 saturated heterocycles. The van der Waals surface area contributed by atoms with E-state index in [2.05, 4.69) is 4.74 Å². The van der Waals surface area contributed by atoms with Crippen molar-refractivity contribution in [3.05, 3.63) is 0 Å². The molecule has 2 atom stereocenters. The van der Waals surface area contributed by atoms with Gasteiger partial charge in [0.15, 0.2) is 6.29 Å². The molecule has 1 rings (SSSR count). The van der Waals surface area contributed by atoms with Gasteiger partial charge in [0.1, 0.15) is 6.10 Å². The summed E-state index contributed by atoms with van der Waals surface area (Å²) in [6, 6.07) is 0. The van der Waals surface area contributed by atoms with Gasteiger partial charge in [-0.15, -0.1) is 0 Å². The monoisotopic (exact) mass is 146 g/mol. The number of carbonyl (C=O) groups is 1. The van der Waals surface area contributed by atoms with Crippen LogP contribution >= 0.6 is 0 Å². The molecule has 0 spiro atoms. The van der Waals surface area contributed by atoms with Crippen LogP contribution in [-0.4, -0.2) is 28.6 Å². The van der Waals surface area contributed by atoms with Crippen molar-refractivity contribution in [3.63, 3.8) is 0 Å². The summed E-state index contributed by atoms with van der Waals surface area (Å²) in [5.74, 6) is -0.438. The van der Waals surface area contributed by atoms with Gasteiger partial charge in [0.05, 0.1) is 5.92 Å². The van der Waals surface area contributed by atoms with Crippen LogP contribution in [0.25, 0.3) is 0 Å². The normalized spacial score (nSPS) is 31.8. The largest absolute Gasteiger partial charge is 0.461 e. The van der Waals surface area contributed by atoms with Gasteiger partial charge in [-0.25, -0.2) is 0 Å². The molecule has 0 saturated carbocycles. The second-order valence-electron chi connectivity index (χ2n) is 2.48. The number of esters is 1. The molecule has 0 unspecified atom stereocenters. The minimum Gasteiger partial charge on any atom is -0.461 e. The number of hydrogen-bond donors (Lipinski definition) is 2. The van der Waals surface area contributed by atoms with Crippen molar-refractivity contribution in [3.8, 4) is 0 Å². The lowest BCUT2D eigenvalue weighted by Gasteiger charge is -2.32. The fourth-order valence-corrected chi connectivity index (χ4v) is 0.898. The highest BCUT2D eigenvalue weighted by Gasteiger charge is 2.39. The number of cyclic esters (lactones) is 1. The molecular formula is C6H10O4. The smallest absolute Gasteiger partial charge is 0.312 e. The molecule has 4 nitrogen and oxygen atoms in total. The van der Waals surface area contributed by atoms with Crippen LogP contribution in [0.15, 0.2) is 0 Å². The summed E-state index contributed by atoms with van der Waals surface area (Å²) in [4.78, 5) is 10.4. The predicted octanol–water partition coefficient (Wildman–Crippen LogP) is -0.751. The van der Waals surface area contributed by atoms with Crippen LogP contribution in [-0.2, 0) is 9.53 Å². The van der Waals surface area contributed by atoms with E-state index in [4.69, 9.17) is 10.2 Å². The van der Waals surface area contributed by atoms with Crippen molar-refractivity contribution < 1.29 is 19.7 Å². The molecule has 1 heterocycles. The lowest BCUT2D eigenvalue weighted by Crippen LogP contribution is -2.44. The summed E-state index contributed by atoms with van der Waals surface area (Å²) in [6.45, 7) is 1.71. The molecule has 10 heavy (non-hydrogen) atoms. The van der Waals surface area contributed by atoms with E-state index in [1.807, 2.05) is 0 Å². The number of aliphatic hydroxyl groups excluding tert-OH is 1. The molecule has 4 heteroatoms. The first-order valence-electron chi connectivity index (χ1n) is 3.18. The Kier molecular flexibility index (Phi) is 1.92. The summed E-state index contributed by atoms with van der Waals surface area (Å²) in [7, 11) is 0. The molecule has 0 aromatic heterocycles. The van der Waals surface area contributed by atoms with Gasteiger partial charge in [-0.3, -0.25) is 4.79 Å². The van der Waals surface area contributed by atoms with E-state index in [1.165, 1.54) is 0 Å². The van der Waals surface area contributed by atoms with Crippen LogP contribution in [0, 0.1) is 5.92 Å². The Morgan fingerprint density at radius 1 is 1.70 bits per heavy atom. The van der Waals surface area contributed by atoms with E-state index in [-0.39, 0.29) is 24.4 Å². The second kappa shape index (κ2) is 2.56. The highest BCUT2D eigenvalue weighted by Crippen LogP contribution is 2.24. The Hall–Kier alpha value is -0.610. The summed E-state index contributed by atoms with van der Waals surface area (Å²) in [6.07, 6.45) is -1.56. The zero-order valence-electron chi connectivity index (χ0n) is 5.65. The van der Waals surface area contributed by atoms with E-state index in [9.17, 15) is 4.79 Å². The van der Waals surface area contributed by atoms with Gasteiger partial charge < -0.3 is 14.9 Å². The van der Waals surface area contributed by atoms with Crippen LogP contribution < -0.4 is 0 Å². The van der Waals surface area contributed by atoms with Crippen molar-refractivity contribution in [2.75, 3.05) is 0 Å². The maximum atomic E-state index is 10.4. The zero-order valence-corrected chi connectivity index (χ0v) is 5.65. The quantitative estimate of drug-likeness (QED) is 0.397. The first kappa shape index (κ1) is 7.50. The zero-order chi connectivity index (χ0) is 7.72. The van der Waals surface area contributed by atoms with Crippen molar-refractivity contribution in [1.82, 2.24) is 0 Å². The van der Waals surface area contributed by atoms with Crippen molar-refractivity contribution >= 4 is 5.97 Å². The number of carbonyl (C=O) groups excluding carboxylic acids is 1. The average molecular weight is 146 g/mol. The second-order valence-corrected chi connectivity index (χ2v) is 2.48. The number of aliphatic hydroxyl groups is 2. The van der Waals surface area contributed by atoms with Crippen molar-refractivity contribution in [2.24, 2.45) is 5.92 Å². The Morgan fingerprint density at radius 3 is 2.60 bits per heavy atom. The molecule has 1 aliphatic heterocycles. The highest BCUT2D eigenvalue weighted by atomic mass is 16.6. The Morgan fingerprint density at radius 2 is 2.30 bits per heavy atom. The Bertz CT molecular complexity index is 143. The molecule has 1 aliphatic rings. The topological polar surface area (TPSA) is 66.8 Å². The third-order valence-corrected chi connectivity index (χ3v) is 1.64. The minimum absolute atomic E-state index is 0.118. The van der Waals surface area contributed by atoms with Crippen LogP contribution in [0.3, 0.4) is 0 Å². The van der Waals surface area contributed by atoms with Gasteiger partial charge in [-0.1, -0.05) is 0 Å². The third kappa shape index (κ3) is 1.27. The van der Waals surface area contributed by atoms with E-state index < -0.39 is 6.29 Å². The first-order chi connectivity index (χ1) is 4.61. The standard InChI is InChI=1S/C6H10O4/c1-3-4(2-5(7)8)10-6(3)9/h3-5,7-8H,2H2,1H3/t3-,4-/m0/s1. The molecular weight excluding hydrogens is 136 g/mol. The lowest BCUT2D eigenvalue weighted by molar-refractivity contribution is -0.191. The summed E-state index contributed by atoms with van der Waals surface area (Å²) in [5, 5.41) is 16.9. The van der Waals surface area contributed by atoms with Gasteiger partial charge in [-0.05, 0) is 6.92 Å². The van der Waals surface area contributed by atoms with Crippen molar-refractivity contribution in [2.45, 2.75) is 25.7 Å². The highest BCUT2D eigenvalue weighted by molar-refractivity contribution is 5.77. The number of rotatable bonds is 2. The maximum absolute atomic E-state index is 10.4. The molecule has 1 fully saturated rings. The van der Waals surface area contributed by atoms with Gasteiger partial charge in [-0.2, -0.15) is 0 Å². The summed E-state index contributed by atoms with van der Waals surface area (Å²) >= 11 is 0. The van der Waals surface area contributed by atoms with Crippen LogP contribution in [0.1, 0.15) is 13.3 Å². The van der Waals surface area contributed by atoms with Crippen molar-refractivity contribution in [1.29, 1.82) is 0 Å². The molecule has 0 amide bonds. The van der Waals surface area contributed by atoms with Gasteiger partial charge in [0.2, 0.25) is 0 Å². The van der Waals surface area contributed by atoms with Gasteiger partial charge in [0.25, 0.3) is 0 Å². The van der Waals surface area contributed by atoms with E-state index in [0.29, 0.717) is 0 Å². The lowest BCUT2D eigenvalue weighted by atomic mass is 9.96. The molecule has 58 valence electrons. The minimum atomic E-state index is -1.37. The van der Waals surface area contributed by atoms with Gasteiger partial charge >= 0.3 is 5.97 Å².